The Morgan fingerprint density at radius 3 is 2.65 bits per heavy atom. The average Bonchev–Trinajstić information content (AvgIpc) is 2.86. The molecule has 0 radical (unpaired) electrons. The van der Waals surface area contributed by atoms with E-state index in [4.69, 9.17) is 0 Å². The van der Waals surface area contributed by atoms with E-state index < -0.39 is 0 Å². The van der Waals surface area contributed by atoms with Crippen LogP contribution < -0.4 is 10.6 Å². The molecule has 2 aromatic rings. The SMILES string of the molecule is CN=C(NCc1ccccc1F)NCc1ccnn1C. The van der Waals surface area contributed by atoms with Crippen LogP contribution in [-0.2, 0) is 20.1 Å². The molecule has 0 spiro atoms. The highest BCUT2D eigenvalue weighted by atomic mass is 19.1. The Balaban J connectivity index is 1.87. The van der Waals surface area contributed by atoms with Gasteiger partial charge >= 0.3 is 0 Å². The van der Waals surface area contributed by atoms with Crippen molar-refractivity contribution in [2.24, 2.45) is 12.0 Å². The molecule has 0 aliphatic rings. The highest BCUT2D eigenvalue weighted by Crippen LogP contribution is 2.05. The number of aliphatic imine (C=N–C) groups is 1. The van der Waals surface area contributed by atoms with Gasteiger partial charge in [0.2, 0.25) is 0 Å². The Kier molecular flexibility index (Phi) is 4.70. The Morgan fingerprint density at radius 2 is 2.00 bits per heavy atom. The van der Waals surface area contributed by atoms with Gasteiger partial charge in [0.15, 0.2) is 5.96 Å². The summed E-state index contributed by atoms with van der Waals surface area (Å²) in [6.45, 7) is 0.991. The van der Waals surface area contributed by atoms with Crippen LogP contribution in [0.1, 0.15) is 11.3 Å². The van der Waals surface area contributed by atoms with Gasteiger partial charge in [0.25, 0.3) is 0 Å². The third kappa shape index (κ3) is 3.57. The summed E-state index contributed by atoms with van der Waals surface area (Å²) in [5.74, 6) is 0.400. The van der Waals surface area contributed by atoms with Gasteiger partial charge in [0, 0.05) is 32.4 Å². The molecule has 0 atom stereocenters. The van der Waals surface area contributed by atoms with E-state index >= 15 is 0 Å². The van der Waals surface area contributed by atoms with E-state index in [1.165, 1.54) is 6.07 Å². The molecule has 1 aromatic carbocycles. The maximum Gasteiger partial charge on any atom is 0.191 e. The molecule has 0 unspecified atom stereocenters. The molecule has 0 bridgehead atoms. The molecule has 2 rings (SSSR count). The van der Waals surface area contributed by atoms with Crippen LogP contribution in [0.2, 0.25) is 0 Å². The summed E-state index contributed by atoms with van der Waals surface area (Å²) in [4.78, 5) is 4.10. The van der Waals surface area contributed by atoms with Crippen molar-refractivity contribution in [1.29, 1.82) is 0 Å². The molecular formula is C14H18FN5. The molecule has 0 aliphatic heterocycles. The van der Waals surface area contributed by atoms with Crippen molar-refractivity contribution in [2.45, 2.75) is 13.1 Å². The maximum atomic E-state index is 13.5. The first-order chi connectivity index (χ1) is 9.70. The zero-order valence-electron chi connectivity index (χ0n) is 11.6. The van der Waals surface area contributed by atoms with E-state index in [1.807, 2.05) is 19.2 Å². The van der Waals surface area contributed by atoms with Gasteiger partial charge in [-0.2, -0.15) is 5.10 Å². The lowest BCUT2D eigenvalue weighted by molar-refractivity contribution is 0.604. The van der Waals surface area contributed by atoms with E-state index in [0.717, 1.165) is 5.69 Å². The zero-order chi connectivity index (χ0) is 14.4. The van der Waals surface area contributed by atoms with E-state index in [9.17, 15) is 4.39 Å². The number of hydrogen-bond acceptors (Lipinski definition) is 2. The monoisotopic (exact) mass is 275 g/mol. The predicted octanol–water partition coefficient (Wildman–Crippen LogP) is 1.42. The summed E-state index contributed by atoms with van der Waals surface area (Å²) in [7, 11) is 3.56. The molecule has 20 heavy (non-hydrogen) atoms. The summed E-state index contributed by atoms with van der Waals surface area (Å²) < 4.78 is 15.3. The smallest absolute Gasteiger partial charge is 0.191 e. The van der Waals surface area contributed by atoms with Crippen molar-refractivity contribution >= 4 is 5.96 Å². The highest BCUT2D eigenvalue weighted by Gasteiger charge is 2.03. The van der Waals surface area contributed by atoms with E-state index in [0.29, 0.717) is 24.6 Å². The fraction of sp³-hybridized carbons (Fsp3) is 0.286. The van der Waals surface area contributed by atoms with Crippen molar-refractivity contribution in [3.8, 4) is 0 Å². The lowest BCUT2D eigenvalue weighted by Gasteiger charge is -2.12. The fourth-order valence-electron chi connectivity index (χ4n) is 1.79. The minimum absolute atomic E-state index is 0.220. The number of rotatable bonds is 4. The van der Waals surface area contributed by atoms with Gasteiger partial charge < -0.3 is 10.6 Å². The van der Waals surface area contributed by atoms with Crippen molar-refractivity contribution in [1.82, 2.24) is 20.4 Å². The molecule has 0 amide bonds. The largest absolute Gasteiger partial charge is 0.352 e. The normalized spacial score (nSPS) is 11.4. The quantitative estimate of drug-likeness (QED) is 0.655. The van der Waals surface area contributed by atoms with Gasteiger partial charge in [-0.3, -0.25) is 9.67 Å². The molecule has 106 valence electrons. The van der Waals surface area contributed by atoms with Crippen LogP contribution in [0.15, 0.2) is 41.5 Å². The Morgan fingerprint density at radius 1 is 1.25 bits per heavy atom. The summed E-state index contributed by atoms with van der Waals surface area (Å²) in [6.07, 6.45) is 1.74. The molecule has 0 saturated heterocycles. The first-order valence-corrected chi connectivity index (χ1v) is 6.35. The van der Waals surface area contributed by atoms with Crippen molar-refractivity contribution in [2.75, 3.05) is 7.05 Å². The molecule has 5 nitrogen and oxygen atoms in total. The molecule has 1 heterocycles. The van der Waals surface area contributed by atoms with Crippen LogP contribution in [0.3, 0.4) is 0 Å². The van der Waals surface area contributed by atoms with Gasteiger partial charge in [-0.15, -0.1) is 0 Å². The third-order valence-corrected chi connectivity index (χ3v) is 2.99. The maximum absolute atomic E-state index is 13.5. The molecular weight excluding hydrogens is 257 g/mol. The zero-order valence-corrected chi connectivity index (χ0v) is 11.6. The number of aryl methyl sites for hydroxylation is 1. The minimum Gasteiger partial charge on any atom is -0.352 e. The van der Waals surface area contributed by atoms with Crippen LogP contribution in [0.25, 0.3) is 0 Å². The summed E-state index contributed by atoms with van der Waals surface area (Å²) in [6, 6.07) is 8.61. The van der Waals surface area contributed by atoms with Crippen molar-refractivity contribution < 1.29 is 4.39 Å². The molecule has 0 fully saturated rings. The molecule has 0 saturated carbocycles. The molecule has 1 aromatic heterocycles. The second-order valence-electron chi connectivity index (χ2n) is 4.32. The van der Waals surface area contributed by atoms with Crippen molar-refractivity contribution in [3.05, 3.63) is 53.6 Å². The van der Waals surface area contributed by atoms with Crippen LogP contribution in [-0.4, -0.2) is 22.8 Å². The average molecular weight is 275 g/mol. The van der Waals surface area contributed by atoms with Gasteiger partial charge in [-0.1, -0.05) is 18.2 Å². The Hall–Kier alpha value is -2.37. The first-order valence-electron chi connectivity index (χ1n) is 6.35. The fourth-order valence-corrected chi connectivity index (χ4v) is 1.79. The van der Waals surface area contributed by atoms with E-state index in [1.54, 1.807) is 30.1 Å². The van der Waals surface area contributed by atoms with Crippen LogP contribution in [0, 0.1) is 5.82 Å². The number of guanidine groups is 1. The molecule has 6 heteroatoms. The lowest BCUT2D eigenvalue weighted by Crippen LogP contribution is -2.36. The van der Waals surface area contributed by atoms with Gasteiger partial charge in [0.05, 0.1) is 12.2 Å². The number of nitrogens with one attached hydrogen (secondary N) is 2. The lowest BCUT2D eigenvalue weighted by atomic mass is 10.2. The Bertz CT molecular complexity index is 591. The van der Waals surface area contributed by atoms with Crippen LogP contribution in [0.5, 0.6) is 0 Å². The van der Waals surface area contributed by atoms with Gasteiger partial charge in [-0.05, 0) is 12.1 Å². The predicted molar refractivity (Wildman–Crippen MR) is 76.6 cm³/mol. The number of halogens is 1. The highest BCUT2D eigenvalue weighted by molar-refractivity contribution is 5.79. The van der Waals surface area contributed by atoms with Crippen LogP contribution >= 0.6 is 0 Å². The van der Waals surface area contributed by atoms with Crippen molar-refractivity contribution in [3.63, 3.8) is 0 Å². The Labute approximate surface area is 117 Å². The standard InChI is InChI=1S/C14H18FN5/c1-16-14(18-10-12-7-8-19-20(12)2)17-9-11-5-3-4-6-13(11)15/h3-8H,9-10H2,1-2H3,(H2,16,17,18). The second-order valence-corrected chi connectivity index (χ2v) is 4.32. The number of hydrogen-bond donors (Lipinski definition) is 2. The first kappa shape index (κ1) is 14.0. The summed E-state index contributed by atoms with van der Waals surface area (Å²) >= 11 is 0. The summed E-state index contributed by atoms with van der Waals surface area (Å²) in [5.41, 5.74) is 1.65. The summed E-state index contributed by atoms with van der Waals surface area (Å²) in [5, 5.41) is 10.3. The number of nitrogens with zero attached hydrogens (tertiary/aromatic N) is 3. The second kappa shape index (κ2) is 6.70. The van der Waals surface area contributed by atoms with E-state index in [-0.39, 0.29) is 5.82 Å². The van der Waals surface area contributed by atoms with Crippen LogP contribution in [0.4, 0.5) is 4.39 Å². The minimum atomic E-state index is -0.220. The topological polar surface area (TPSA) is 54.2 Å². The molecule has 2 N–H and O–H groups in total. The molecule has 0 aliphatic carbocycles. The van der Waals surface area contributed by atoms with Gasteiger partial charge in [-0.25, -0.2) is 4.39 Å². The third-order valence-electron chi connectivity index (χ3n) is 2.99. The number of aromatic nitrogens is 2. The van der Waals surface area contributed by atoms with Gasteiger partial charge in [0.1, 0.15) is 5.82 Å². The van der Waals surface area contributed by atoms with E-state index in [2.05, 4.69) is 20.7 Å². The number of benzene rings is 1.